The highest BCUT2D eigenvalue weighted by Gasteiger charge is 2.20. The third-order valence-electron chi connectivity index (χ3n) is 3.03. The summed E-state index contributed by atoms with van der Waals surface area (Å²) in [6, 6.07) is 0. The predicted molar refractivity (Wildman–Crippen MR) is 63.8 cm³/mol. The lowest BCUT2D eigenvalue weighted by Crippen LogP contribution is -2.16. The van der Waals surface area contributed by atoms with Crippen LogP contribution in [0.15, 0.2) is 4.79 Å². The SMILES string of the molecule is O=C(O)c1nc2sc3c(c2c(=O)[nH]1)CCCC3. The highest BCUT2D eigenvalue weighted by Crippen LogP contribution is 2.33. The fourth-order valence-corrected chi connectivity index (χ4v) is 3.53. The first-order valence-electron chi connectivity index (χ1n) is 5.44. The zero-order chi connectivity index (χ0) is 12.0. The minimum atomic E-state index is -1.20. The Bertz CT molecular complexity index is 671. The number of aromatic nitrogens is 2. The molecule has 0 amide bonds. The summed E-state index contributed by atoms with van der Waals surface area (Å²) >= 11 is 1.45. The lowest BCUT2D eigenvalue weighted by Gasteiger charge is -2.09. The van der Waals surface area contributed by atoms with Crippen LogP contribution < -0.4 is 5.56 Å². The van der Waals surface area contributed by atoms with Crippen molar-refractivity contribution in [2.45, 2.75) is 25.7 Å². The highest BCUT2D eigenvalue weighted by atomic mass is 32.1. The third-order valence-corrected chi connectivity index (χ3v) is 4.21. The number of hydrogen-bond donors (Lipinski definition) is 2. The van der Waals surface area contributed by atoms with E-state index in [9.17, 15) is 9.59 Å². The van der Waals surface area contributed by atoms with E-state index in [1.54, 1.807) is 0 Å². The average molecular weight is 250 g/mol. The molecule has 0 aromatic carbocycles. The Balaban J connectivity index is 2.34. The van der Waals surface area contributed by atoms with Crippen LogP contribution >= 0.6 is 11.3 Å². The number of rotatable bonds is 1. The van der Waals surface area contributed by atoms with Crippen LogP contribution in [0.2, 0.25) is 0 Å². The number of aryl methyl sites for hydroxylation is 2. The van der Waals surface area contributed by atoms with E-state index < -0.39 is 5.97 Å². The van der Waals surface area contributed by atoms with Crippen LogP contribution in [0, 0.1) is 0 Å². The van der Waals surface area contributed by atoms with Gasteiger partial charge in [0.25, 0.3) is 5.56 Å². The van der Waals surface area contributed by atoms with Gasteiger partial charge in [-0.25, -0.2) is 9.78 Å². The van der Waals surface area contributed by atoms with Crippen molar-refractivity contribution in [1.29, 1.82) is 0 Å². The fourth-order valence-electron chi connectivity index (χ4n) is 2.27. The second-order valence-electron chi connectivity index (χ2n) is 4.11. The maximum absolute atomic E-state index is 11.9. The summed E-state index contributed by atoms with van der Waals surface area (Å²) in [5.41, 5.74) is 0.744. The van der Waals surface area contributed by atoms with Crippen molar-refractivity contribution in [3.8, 4) is 0 Å². The van der Waals surface area contributed by atoms with Gasteiger partial charge in [-0.1, -0.05) is 0 Å². The summed E-state index contributed by atoms with van der Waals surface area (Å²) in [7, 11) is 0. The largest absolute Gasteiger partial charge is 0.475 e. The molecule has 1 aliphatic rings. The van der Waals surface area contributed by atoms with Crippen LogP contribution in [0.1, 0.15) is 33.9 Å². The van der Waals surface area contributed by atoms with E-state index in [0.29, 0.717) is 10.2 Å². The number of thiophene rings is 1. The van der Waals surface area contributed by atoms with E-state index in [4.69, 9.17) is 5.11 Å². The van der Waals surface area contributed by atoms with Crippen molar-refractivity contribution in [1.82, 2.24) is 9.97 Å². The van der Waals surface area contributed by atoms with Crippen molar-refractivity contribution in [3.63, 3.8) is 0 Å². The van der Waals surface area contributed by atoms with E-state index in [2.05, 4.69) is 9.97 Å². The maximum atomic E-state index is 11.9. The molecule has 1 aliphatic carbocycles. The Kier molecular flexibility index (Phi) is 2.25. The van der Waals surface area contributed by atoms with E-state index in [-0.39, 0.29) is 11.4 Å². The molecule has 0 saturated carbocycles. The van der Waals surface area contributed by atoms with Gasteiger partial charge >= 0.3 is 5.97 Å². The van der Waals surface area contributed by atoms with E-state index in [1.165, 1.54) is 16.2 Å². The van der Waals surface area contributed by atoms with Crippen molar-refractivity contribution in [3.05, 3.63) is 26.6 Å². The lowest BCUT2D eigenvalue weighted by atomic mass is 9.97. The first-order valence-corrected chi connectivity index (χ1v) is 6.26. The van der Waals surface area contributed by atoms with Gasteiger partial charge in [-0.2, -0.15) is 0 Å². The molecule has 0 aliphatic heterocycles. The summed E-state index contributed by atoms with van der Waals surface area (Å²) in [4.78, 5) is 30.8. The van der Waals surface area contributed by atoms with Gasteiger partial charge < -0.3 is 10.1 Å². The molecule has 3 rings (SSSR count). The fraction of sp³-hybridized carbons (Fsp3) is 0.364. The highest BCUT2D eigenvalue weighted by molar-refractivity contribution is 7.18. The second kappa shape index (κ2) is 3.66. The molecule has 2 aromatic rings. The van der Waals surface area contributed by atoms with Gasteiger partial charge in [-0.05, 0) is 31.2 Å². The van der Waals surface area contributed by atoms with Gasteiger partial charge in [0.05, 0.1) is 5.39 Å². The first-order chi connectivity index (χ1) is 8.16. The smallest absolute Gasteiger partial charge is 0.372 e. The summed E-state index contributed by atoms with van der Waals surface area (Å²) in [5.74, 6) is -1.48. The van der Waals surface area contributed by atoms with Crippen molar-refractivity contribution >= 4 is 27.5 Å². The van der Waals surface area contributed by atoms with E-state index >= 15 is 0 Å². The minimum absolute atomic E-state index is 0.277. The molecule has 2 heterocycles. The second-order valence-corrected chi connectivity index (χ2v) is 5.19. The monoisotopic (exact) mass is 250 g/mol. The number of nitrogens with zero attached hydrogens (tertiary/aromatic N) is 1. The Morgan fingerprint density at radius 1 is 1.35 bits per heavy atom. The van der Waals surface area contributed by atoms with E-state index in [0.717, 1.165) is 31.2 Å². The molecule has 0 radical (unpaired) electrons. The quantitative estimate of drug-likeness (QED) is 0.804. The number of hydrogen-bond acceptors (Lipinski definition) is 4. The van der Waals surface area contributed by atoms with Gasteiger partial charge in [0.15, 0.2) is 0 Å². The molecular formula is C11H10N2O3S. The first kappa shape index (κ1) is 10.5. The molecule has 5 nitrogen and oxygen atoms in total. The summed E-state index contributed by atoms with van der Waals surface area (Å²) in [5, 5.41) is 9.44. The Hall–Kier alpha value is -1.69. The standard InChI is InChI=1S/C11H10N2O3S/c14-9-7-5-3-1-2-4-6(5)17-10(7)13-8(12-9)11(15)16/h1-4H2,(H,15,16)(H,12,13,14). The summed E-state index contributed by atoms with van der Waals surface area (Å²) < 4.78 is 0. The van der Waals surface area contributed by atoms with Crippen LogP contribution in [0.3, 0.4) is 0 Å². The summed E-state index contributed by atoms with van der Waals surface area (Å²) in [6.07, 6.45) is 4.08. The van der Waals surface area contributed by atoms with Gasteiger partial charge in [-0.3, -0.25) is 4.79 Å². The number of carboxylic acid groups (broad SMARTS) is 1. The maximum Gasteiger partial charge on any atom is 0.372 e. The normalized spacial score (nSPS) is 14.8. The Morgan fingerprint density at radius 3 is 2.88 bits per heavy atom. The van der Waals surface area contributed by atoms with E-state index in [1.807, 2.05) is 0 Å². The molecule has 6 heteroatoms. The van der Waals surface area contributed by atoms with Crippen LogP contribution in [0.5, 0.6) is 0 Å². The van der Waals surface area contributed by atoms with Crippen LogP contribution in [-0.2, 0) is 12.8 Å². The molecule has 88 valence electrons. The topological polar surface area (TPSA) is 83.0 Å². The Labute approximate surface area is 100 Å². The molecule has 2 aromatic heterocycles. The molecule has 0 spiro atoms. The number of aromatic carboxylic acids is 1. The van der Waals surface area contributed by atoms with Crippen molar-refractivity contribution in [2.75, 3.05) is 0 Å². The Morgan fingerprint density at radius 2 is 2.12 bits per heavy atom. The van der Waals surface area contributed by atoms with Crippen molar-refractivity contribution < 1.29 is 9.90 Å². The molecular weight excluding hydrogens is 240 g/mol. The third kappa shape index (κ3) is 1.56. The molecule has 0 bridgehead atoms. The minimum Gasteiger partial charge on any atom is -0.475 e. The van der Waals surface area contributed by atoms with Crippen LogP contribution in [-0.4, -0.2) is 21.0 Å². The number of carbonyl (C=O) groups is 1. The molecule has 2 N–H and O–H groups in total. The van der Waals surface area contributed by atoms with Crippen LogP contribution in [0.25, 0.3) is 10.2 Å². The number of aromatic amines is 1. The number of carboxylic acids is 1. The number of H-pyrrole nitrogens is 1. The lowest BCUT2D eigenvalue weighted by molar-refractivity contribution is 0.0683. The van der Waals surface area contributed by atoms with Gasteiger partial charge in [0, 0.05) is 4.88 Å². The zero-order valence-corrected chi connectivity index (χ0v) is 9.76. The van der Waals surface area contributed by atoms with Gasteiger partial charge in [0.1, 0.15) is 4.83 Å². The molecule has 0 fully saturated rings. The molecule has 0 atom stereocenters. The number of fused-ring (bicyclic) bond motifs is 3. The molecule has 17 heavy (non-hydrogen) atoms. The van der Waals surface area contributed by atoms with Gasteiger partial charge in [0.2, 0.25) is 5.82 Å². The molecule has 0 unspecified atom stereocenters. The average Bonchev–Trinajstić information content (AvgIpc) is 2.67. The van der Waals surface area contributed by atoms with Crippen LogP contribution in [0.4, 0.5) is 0 Å². The van der Waals surface area contributed by atoms with Gasteiger partial charge in [-0.15, -0.1) is 11.3 Å². The predicted octanol–water partition coefficient (Wildman–Crippen LogP) is 1.56. The summed E-state index contributed by atoms with van der Waals surface area (Å²) in [6.45, 7) is 0. The van der Waals surface area contributed by atoms with Crippen molar-refractivity contribution in [2.24, 2.45) is 0 Å². The zero-order valence-electron chi connectivity index (χ0n) is 8.95. The number of nitrogens with one attached hydrogen (secondary N) is 1. The molecule has 0 saturated heterocycles.